The Labute approximate surface area is 123 Å². The highest BCUT2D eigenvalue weighted by molar-refractivity contribution is 6.35. The summed E-state index contributed by atoms with van der Waals surface area (Å²) in [6.07, 6.45) is 5.56. The molecule has 1 saturated carbocycles. The molecule has 1 saturated heterocycles. The summed E-state index contributed by atoms with van der Waals surface area (Å²) in [5.41, 5.74) is 0.386. The van der Waals surface area contributed by atoms with Crippen LogP contribution in [-0.2, 0) is 6.54 Å². The number of likely N-dealkylation sites (tertiary alicyclic amines) is 1. The number of pyridine rings is 1. The molecular weight excluding hydrogens is 283 g/mol. The van der Waals surface area contributed by atoms with Crippen molar-refractivity contribution in [3.63, 3.8) is 0 Å². The van der Waals surface area contributed by atoms with Gasteiger partial charge in [-0.05, 0) is 24.7 Å². The summed E-state index contributed by atoms with van der Waals surface area (Å²) in [7, 11) is 0. The molecule has 0 spiro atoms. The quantitative estimate of drug-likeness (QED) is 0.932. The summed E-state index contributed by atoms with van der Waals surface area (Å²) in [6.45, 7) is 4.42. The Hall–Kier alpha value is -0.350. The molecule has 2 aliphatic rings. The van der Waals surface area contributed by atoms with Gasteiger partial charge in [-0.25, -0.2) is 0 Å². The van der Waals surface area contributed by atoms with Gasteiger partial charge in [0.2, 0.25) is 0 Å². The Morgan fingerprint density at radius 2 is 2.00 bits per heavy atom. The van der Waals surface area contributed by atoms with Crippen LogP contribution >= 0.6 is 23.2 Å². The van der Waals surface area contributed by atoms with Crippen molar-refractivity contribution in [2.75, 3.05) is 13.1 Å². The second-order valence-corrected chi connectivity index (χ2v) is 6.73. The normalized spacial score (nSPS) is 31.9. The molecule has 1 aliphatic heterocycles. The fourth-order valence-corrected chi connectivity index (χ4v) is 3.66. The molecule has 19 heavy (non-hydrogen) atoms. The molecule has 3 nitrogen and oxygen atoms in total. The average molecular weight is 301 g/mol. The van der Waals surface area contributed by atoms with Crippen LogP contribution in [0, 0.1) is 11.8 Å². The van der Waals surface area contributed by atoms with Crippen molar-refractivity contribution in [1.29, 1.82) is 0 Å². The first-order chi connectivity index (χ1) is 9.00. The van der Waals surface area contributed by atoms with E-state index in [4.69, 9.17) is 23.2 Å². The van der Waals surface area contributed by atoms with Gasteiger partial charge in [0.15, 0.2) is 0 Å². The van der Waals surface area contributed by atoms with Crippen LogP contribution in [0.1, 0.15) is 25.3 Å². The number of hydrogen-bond acceptors (Lipinski definition) is 3. The van der Waals surface area contributed by atoms with E-state index in [-0.39, 0.29) is 0 Å². The number of hydrogen-bond donors (Lipinski definition) is 1. The van der Waals surface area contributed by atoms with Gasteiger partial charge in [0.05, 0.1) is 15.6 Å². The van der Waals surface area contributed by atoms with Crippen molar-refractivity contribution in [3.8, 4) is 0 Å². The molecule has 2 heterocycles. The molecule has 2 fully saturated rings. The standard InChI is InChI=1S/C14H18Cl2N2O/c1-9-6-18(8-14(9,19)10-2-3-10)7-11-12(15)4-17-5-13(11)16/h4-5,9-10,19H,2-3,6-8H2,1H3/t9-,14+/m1/s1. The molecule has 3 rings (SSSR count). The second kappa shape index (κ2) is 4.88. The topological polar surface area (TPSA) is 36.4 Å². The summed E-state index contributed by atoms with van der Waals surface area (Å²) >= 11 is 12.3. The zero-order valence-electron chi connectivity index (χ0n) is 10.9. The smallest absolute Gasteiger partial charge is 0.0839 e. The van der Waals surface area contributed by atoms with Crippen molar-refractivity contribution in [1.82, 2.24) is 9.88 Å². The van der Waals surface area contributed by atoms with E-state index in [1.54, 1.807) is 12.4 Å². The zero-order valence-corrected chi connectivity index (χ0v) is 12.5. The molecule has 1 N–H and O–H groups in total. The SMILES string of the molecule is C[C@@H]1CN(Cc2c(Cl)cncc2Cl)C[C@@]1(O)C1CC1. The largest absolute Gasteiger partial charge is 0.388 e. The molecule has 1 aliphatic carbocycles. The van der Waals surface area contributed by atoms with Crippen molar-refractivity contribution in [2.24, 2.45) is 11.8 Å². The first-order valence-corrected chi connectivity index (χ1v) is 7.49. The van der Waals surface area contributed by atoms with Crippen LogP contribution in [0.25, 0.3) is 0 Å². The summed E-state index contributed by atoms with van der Waals surface area (Å²) in [5.74, 6) is 0.787. The van der Waals surface area contributed by atoms with E-state index in [0.29, 0.717) is 35.0 Å². The Morgan fingerprint density at radius 3 is 2.58 bits per heavy atom. The van der Waals surface area contributed by atoms with E-state index in [2.05, 4.69) is 16.8 Å². The van der Waals surface area contributed by atoms with E-state index in [0.717, 1.165) is 24.9 Å². The van der Waals surface area contributed by atoms with E-state index in [9.17, 15) is 5.11 Å². The van der Waals surface area contributed by atoms with Gasteiger partial charge in [0.1, 0.15) is 0 Å². The molecular formula is C14H18Cl2N2O. The number of rotatable bonds is 3. The van der Waals surface area contributed by atoms with Crippen LogP contribution in [0.4, 0.5) is 0 Å². The Bertz CT molecular complexity index is 472. The third-order valence-corrected chi connectivity index (χ3v) is 5.13. The van der Waals surface area contributed by atoms with Gasteiger partial charge in [-0.1, -0.05) is 30.1 Å². The third-order valence-electron chi connectivity index (χ3n) is 4.48. The lowest BCUT2D eigenvalue weighted by Crippen LogP contribution is -2.39. The van der Waals surface area contributed by atoms with Gasteiger partial charge in [0, 0.05) is 37.6 Å². The molecule has 1 aromatic rings. The predicted molar refractivity (Wildman–Crippen MR) is 76.4 cm³/mol. The Balaban J connectivity index is 1.75. The lowest BCUT2D eigenvalue weighted by molar-refractivity contribution is -0.00443. The van der Waals surface area contributed by atoms with Gasteiger partial charge < -0.3 is 5.11 Å². The van der Waals surface area contributed by atoms with E-state index >= 15 is 0 Å². The molecule has 2 atom stereocenters. The number of β-amino-alcohol motifs (C(OH)–C–C–N with tert-alkyl or cyclic N) is 1. The first-order valence-electron chi connectivity index (χ1n) is 6.73. The van der Waals surface area contributed by atoms with Gasteiger partial charge in [-0.3, -0.25) is 9.88 Å². The lowest BCUT2D eigenvalue weighted by atomic mass is 9.88. The Kier molecular flexibility index (Phi) is 3.50. The van der Waals surface area contributed by atoms with Crippen molar-refractivity contribution in [2.45, 2.75) is 31.9 Å². The number of halogens is 2. The maximum Gasteiger partial charge on any atom is 0.0839 e. The van der Waals surface area contributed by atoms with Crippen molar-refractivity contribution < 1.29 is 5.11 Å². The van der Waals surface area contributed by atoms with E-state index in [1.165, 1.54) is 0 Å². The second-order valence-electron chi connectivity index (χ2n) is 5.92. The maximum atomic E-state index is 10.8. The molecule has 1 aromatic heterocycles. The van der Waals surface area contributed by atoms with E-state index in [1.807, 2.05) is 0 Å². The summed E-state index contributed by atoms with van der Waals surface area (Å²) < 4.78 is 0. The lowest BCUT2D eigenvalue weighted by Gasteiger charge is -2.27. The van der Waals surface area contributed by atoms with Gasteiger partial charge in [-0.15, -0.1) is 0 Å². The highest BCUT2D eigenvalue weighted by Crippen LogP contribution is 2.47. The number of aliphatic hydroxyl groups is 1. The zero-order chi connectivity index (χ0) is 13.6. The van der Waals surface area contributed by atoms with Crippen LogP contribution in [0.3, 0.4) is 0 Å². The molecule has 5 heteroatoms. The van der Waals surface area contributed by atoms with Crippen LogP contribution in [0.2, 0.25) is 10.0 Å². The monoisotopic (exact) mass is 300 g/mol. The fourth-order valence-electron chi connectivity index (χ4n) is 3.17. The van der Waals surface area contributed by atoms with E-state index < -0.39 is 5.60 Å². The highest BCUT2D eigenvalue weighted by atomic mass is 35.5. The van der Waals surface area contributed by atoms with Gasteiger partial charge >= 0.3 is 0 Å². The molecule has 0 aromatic carbocycles. The minimum Gasteiger partial charge on any atom is -0.388 e. The maximum absolute atomic E-state index is 10.8. The molecule has 0 bridgehead atoms. The molecule has 0 amide bonds. The summed E-state index contributed by atoms with van der Waals surface area (Å²) in [4.78, 5) is 6.22. The number of aromatic nitrogens is 1. The van der Waals surface area contributed by atoms with Crippen LogP contribution in [-0.4, -0.2) is 33.7 Å². The minimum atomic E-state index is -0.522. The third kappa shape index (κ3) is 2.49. The van der Waals surface area contributed by atoms with Crippen molar-refractivity contribution in [3.05, 3.63) is 28.0 Å². The van der Waals surface area contributed by atoms with Crippen LogP contribution in [0.5, 0.6) is 0 Å². The van der Waals surface area contributed by atoms with Crippen LogP contribution < -0.4 is 0 Å². The fraction of sp³-hybridized carbons (Fsp3) is 0.643. The van der Waals surface area contributed by atoms with Gasteiger partial charge in [0.25, 0.3) is 0 Å². The predicted octanol–water partition coefficient (Wildman–Crippen LogP) is 2.98. The molecule has 0 unspecified atom stereocenters. The summed E-state index contributed by atoms with van der Waals surface area (Å²) in [5, 5.41) is 12.0. The number of nitrogens with zero attached hydrogens (tertiary/aromatic N) is 2. The van der Waals surface area contributed by atoms with Gasteiger partial charge in [-0.2, -0.15) is 0 Å². The Morgan fingerprint density at radius 1 is 1.37 bits per heavy atom. The average Bonchev–Trinajstić information content (AvgIpc) is 3.14. The van der Waals surface area contributed by atoms with Crippen LogP contribution in [0.15, 0.2) is 12.4 Å². The highest BCUT2D eigenvalue weighted by Gasteiger charge is 2.52. The summed E-state index contributed by atoms with van der Waals surface area (Å²) in [6, 6.07) is 0. The minimum absolute atomic E-state index is 0.305. The molecule has 104 valence electrons. The molecule has 0 radical (unpaired) electrons. The first kappa shape index (κ1) is 13.6. The van der Waals surface area contributed by atoms with Crippen molar-refractivity contribution >= 4 is 23.2 Å².